The maximum Gasteiger partial charge on any atom is 0.143 e. The number of hydrogen-bond acceptors (Lipinski definition) is 3. The van der Waals surface area contributed by atoms with Crippen LogP contribution in [0.25, 0.3) is 77.2 Å². The summed E-state index contributed by atoms with van der Waals surface area (Å²) < 4.78 is 13.3. The van der Waals surface area contributed by atoms with E-state index in [0.717, 1.165) is 67.0 Å². The van der Waals surface area contributed by atoms with Gasteiger partial charge in [0.15, 0.2) is 0 Å². The van der Waals surface area contributed by atoms with Crippen LogP contribution in [-0.4, -0.2) is 5.60 Å². The number of nitrogens with zero attached hydrogens (tertiary/aromatic N) is 1. The SMILES string of the molecule is CC12C=CC=CC1c1c(cccc1-c1ccccc1N(c1ccc(-c3cccc4c3oc3ccccc34)cc1)c1ccccc1-c1cccc3cccc(-c4ccccc4)c13)O2. The summed E-state index contributed by atoms with van der Waals surface area (Å²) in [7, 11) is 0. The number of benzene rings is 9. The predicted molar refractivity (Wildman–Crippen MR) is 258 cm³/mol. The maximum atomic E-state index is 6.74. The molecule has 0 N–H and O–H groups in total. The van der Waals surface area contributed by atoms with E-state index in [4.69, 9.17) is 9.15 Å². The fourth-order valence-corrected chi connectivity index (χ4v) is 10.0. The van der Waals surface area contributed by atoms with E-state index in [1.807, 2.05) is 12.1 Å². The Hall–Kier alpha value is -7.88. The molecule has 12 rings (SSSR count). The van der Waals surface area contributed by atoms with Gasteiger partial charge in [0.2, 0.25) is 0 Å². The fraction of sp³-hybridized carbons (Fsp3) is 0.0508. The first-order valence-corrected chi connectivity index (χ1v) is 21.4. The summed E-state index contributed by atoms with van der Waals surface area (Å²) in [5.41, 5.74) is 15.0. The molecule has 0 saturated carbocycles. The third kappa shape index (κ3) is 5.73. The molecule has 10 aromatic rings. The molecule has 1 aromatic heterocycles. The van der Waals surface area contributed by atoms with Gasteiger partial charge in [0.1, 0.15) is 22.5 Å². The van der Waals surface area contributed by atoms with Crippen molar-refractivity contribution < 1.29 is 9.15 Å². The Morgan fingerprint density at radius 3 is 1.87 bits per heavy atom. The van der Waals surface area contributed by atoms with Crippen LogP contribution in [0.4, 0.5) is 17.1 Å². The Morgan fingerprint density at radius 1 is 0.468 bits per heavy atom. The molecule has 0 fully saturated rings. The largest absolute Gasteiger partial charge is 0.482 e. The fourth-order valence-electron chi connectivity index (χ4n) is 10.0. The molecule has 0 spiro atoms. The summed E-state index contributed by atoms with van der Waals surface area (Å²) in [6.07, 6.45) is 8.73. The smallest absolute Gasteiger partial charge is 0.143 e. The van der Waals surface area contributed by atoms with E-state index in [-0.39, 0.29) is 5.92 Å². The molecule has 1 aliphatic heterocycles. The summed E-state index contributed by atoms with van der Waals surface area (Å²) in [5.74, 6) is 1.01. The molecule has 2 heterocycles. The van der Waals surface area contributed by atoms with E-state index >= 15 is 0 Å². The third-order valence-electron chi connectivity index (χ3n) is 12.9. The Labute approximate surface area is 361 Å². The molecule has 3 nitrogen and oxygen atoms in total. The molecule has 1 aliphatic carbocycles. The van der Waals surface area contributed by atoms with E-state index in [2.05, 4.69) is 224 Å². The second-order valence-corrected chi connectivity index (χ2v) is 16.5. The van der Waals surface area contributed by atoms with Gasteiger partial charge < -0.3 is 14.1 Å². The van der Waals surface area contributed by atoms with Crippen molar-refractivity contribution >= 4 is 49.8 Å². The van der Waals surface area contributed by atoms with Gasteiger partial charge in [-0.15, -0.1) is 0 Å². The van der Waals surface area contributed by atoms with Crippen LogP contribution in [0.3, 0.4) is 0 Å². The van der Waals surface area contributed by atoms with Crippen molar-refractivity contribution in [1.82, 2.24) is 0 Å². The van der Waals surface area contributed by atoms with Crippen molar-refractivity contribution in [3.05, 3.63) is 230 Å². The van der Waals surface area contributed by atoms with Crippen molar-refractivity contribution in [2.45, 2.75) is 18.4 Å². The molecule has 62 heavy (non-hydrogen) atoms. The standard InChI is InChI=1S/C59H41NO2/c1-59-38-12-11-29-51(59)57-49(27-16-33-55(57)62-59)46-22-6-9-31-53(46)60(42-36-34-40(35-37-42)44-25-15-28-50-47-23-7-10-32-54(47)61-58(44)50)52-30-8-5-21-45(52)48-26-14-20-41-19-13-24-43(56(41)48)39-17-3-2-4-18-39/h2-38,51H,1H3. The van der Waals surface area contributed by atoms with E-state index in [0.29, 0.717) is 0 Å². The van der Waals surface area contributed by atoms with Crippen molar-refractivity contribution in [2.75, 3.05) is 4.90 Å². The van der Waals surface area contributed by atoms with E-state index in [1.54, 1.807) is 0 Å². The molecule has 2 aliphatic rings. The first kappa shape index (κ1) is 36.0. The van der Waals surface area contributed by atoms with Crippen LogP contribution in [0, 0.1) is 0 Å². The average Bonchev–Trinajstić information content (AvgIpc) is 3.87. The minimum absolute atomic E-state index is 0.0832. The van der Waals surface area contributed by atoms with Gasteiger partial charge in [-0.25, -0.2) is 0 Å². The van der Waals surface area contributed by atoms with Crippen LogP contribution < -0.4 is 9.64 Å². The van der Waals surface area contributed by atoms with Gasteiger partial charge in [0.25, 0.3) is 0 Å². The zero-order chi connectivity index (χ0) is 41.2. The average molecular weight is 796 g/mol. The van der Waals surface area contributed by atoms with Gasteiger partial charge in [-0.1, -0.05) is 182 Å². The Kier molecular flexibility index (Phi) is 8.36. The number of ether oxygens (including phenoxy) is 1. The molecule has 0 amide bonds. The zero-order valence-corrected chi connectivity index (χ0v) is 34.2. The predicted octanol–water partition coefficient (Wildman–Crippen LogP) is 16.2. The Balaban J connectivity index is 1.08. The highest BCUT2D eigenvalue weighted by Crippen LogP contribution is 2.54. The van der Waals surface area contributed by atoms with Gasteiger partial charge in [-0.2, -0.15) is 0 Å². The van der Waals surface area contributed by atoms with Gasteiger partial charge in [0.05, 0.1) is 11.4 Å². The lowest BCUT2D eigenvalue weighted by Crippen LogP contribution is -2.32. The van der Waals surface area contributed by atoms with Gasteiger partial charge >= 0.3 is 0 Å². The van der Waals surface area contributed by atoms with Crippen molar-refractivity contribution in [1.29, 1.82) is 0 Å². The number of anilines is 3. The lowest BCUT2D eigenvalue weighted by Gasteiger charge is -2.31. The van der Waals surface area contributed by atoms with E-state index in [1.165, 1.54) is 38.6 Å². The molecule has 0 saturated heterocycles. The topological polar surface area (TPSA) is 25.6 Å². The molecular weight excluding hydrogens is 755 g/mol. The van der Waals surface area contributed by atoms with Crippen molar-refractivity contribution in [3.8, 4) is 50.3 Å². The van der Waals surface area contributed by atoms with E-state index in [9.17, 15) is 0 Å². The molecular formula is C59H41NO2. The summed E-state index contributed by atoms with van der Waals surface area (Å²) in [6.45, 7) is 2.19. The molecule has 0 radical (unpaired) electrons. The maximum absolute atomic E-state index is 6.74. The zero-order valence-electron chi connectivity index (χ0n) is 34.2. The van der Waals surface area contributed by atoms with Crippen LogP contribution >= 0.6 is 0 Å². The number of fused-ring (bicyclic) bond motifs is 7. The molecule has 2 atom stereocenters. The summed E-state index contributed by atoms with van der Waals surface area (Å²) in [4.78, 5) is 2.45. The van der Waals surface area contributed by atoms with Crippen LogP contribution in [-0.2, 0) is 0 Å². The highest BCUT2D eigenvalue weighted by molar-refractivity contribution is 6.11. The van der Waals surface area contributed by atoms with Crippen molar-refractivity contribution in [3.63, 3.8) is 0 Å². The highest BCUT2D eigenvalue weighted by Gasteiger charge is 2.44. The molecule has 9 aromatic carbocycles. The highest BCUT2D eigenvalue weighted by atomic mass is 16.5. The normalized spacial score (nSPS) is 16.4. The van der Waals surface area contributed by atoms with Crippen molar-refractivity contribution in [2.24, 2.45) is 0 Å². The first-order chi connectivity index (χ1) is 30.6. The monoisotopic (exact) mass is 795 g/mol. The Bertz CT molecular complexity index is 3410. The Morgan fingerprint density at radius 2 is 1.06 bits per heavy atom. The van der Waals surface area contributed by atoms with Crippen LogP contribution in [0.1, 0.15) is 18.4 Å². The minimum atomic E-state index is -0.447. The van der Waals surface area contributed by atoms with E-state index < -0.39 is 5.60 Å². The number of hydrogen-bond donors (Lipinski definition) is 0. The number of allylic oxidation sites excluding steroid dienone is 2. The summed E-state index contributed by atoms with van der Waals surface area (Å²) in [5, 5.41) is 4.68. The lowest BCUT2D eigenvalue weighted by atomic mass is 9.79. The van der Waals surface area contributed by atoms with Crippen LogP contribution in [0.5, 0.6) is 5.75 Å². The van der Waals surface area contributed by atoms with Gasteiger partial charge in [-0.3, -0.25) is 0 Å². The number of para-hydroxylation sites is 4. The minimum Gasteiger partial charge on any atom is -0.482 e. The lowest BCUT2D eigenvalue weighted by molar-refractivity contribution is 0.155. The third-order valence-corrected chi connectivity index (χ3v) is 12.9. The molecule has 3 heteroatoms. The molecule has 294 valence electrons. The molecule has 2 unspecified atom stereocenters. The quantitative estimate of drug-likeness (QED) is 0.161. The first-order valence-electron chi connectivity index (χ1n) is 21.4. The van der Waals surface area contributed by atoms with Crippen LogP contribution in [0.2, 0.25) is 0 Å². The number of rotatable bonds is 7. The second-order valence-electron chi connectivity index (χ2n) is 16.5. The summed E-state index contributed by atoms with van der Waals surface area (Å²) >= 11 is 0. The molecule has 0 bridgehead atoms. The van der Waals surface area contributed by atoms with Gasteiger partial charge in [-0.05, 0) is 88.0 Å². The van der Waals surface area contributed by atoms with Gasteiger partial charge in [0, 0.05) is 44.6 Å². The summed E-state index contributed by atoms with van der Waals surface area (Å²) in [6, 6.07) is 72.0. The number of furan rings is 1. The van der Waals surface area contributed by atoms with Crippen LogP contribution in [0.15, 0.2) is 229 Å². The second kappa shape index (κ2) is 14.4.